The van der Waals surface area contributed by atoms with Crippen LogP contribution in [0.4, 0.5) is 0 Å². The van der Waals surface area contributed by atoms with Gasteiger partial charge >= 0.3 is 0 Å². The highest BCUT2D eigenvalue weighted by molar-refractivity contribution is 7.03. The Morgan fingerprint density at radius 1 is 1.82 bits per heavy atom. The first-order chi connectivity index (χ1) is 5.38. The summed E-state index contributed by atoms with van der Waals surface area (Å²) in [6, 6.07) is 2.23. The lowest BCUT2D eigenvalue weighted by Gasteiger charge is -2.11. The Morgan fingerprint density at radius 2 is 2.64 bits per heavy atom. The third-order valence-corrected chi connectivity index (χ3v) is 2.07. The fraction of sp³-hybridized carbons (Fsp3) is 0.571. The highest BCUT2D eigenvalue weighted by atomic mass is 32.1. The fourth-order valence-corrected chi connectivity index (χ4v) is 1.46. The molecule has 0 saturated heterocycles. The summed E-state index contributed by atoms with van der Waals surface area (Å²) < 4.78 is 9.23. The number of nitrogens with zero attached hydrogens (tertiary/aromatic N) is 1. The standard InChI is InChI=1S/C7H12N2OS/c1-8-7(5-10-2)6-3-4-11-9-6/h3-4,7-8H,5H2,1-2H3. The van der Waals surface area contributed by atoms with Crippen molar-refractivity contribution in [2.45, 2.75) is 6.04 Å². The van der Waals surface area contributed by atoms with Crippen LogP contribution in [0.5, 0.6) is 0 Å². The van der Waals surface area contributed by atoms with E-state index in [4.69, 9.17) is 4.74 Å². The van der Waals surface area contributed by atoms with Crippen molar-refractivity contribution in [2.24, 2.45) is 0 Å². The second-order valence-electron chi connectivity index (χ2n) is 2.22. The van der Waals surface area contributed by atoms with Gasteiger partial charge in [0.1, 0.15) is 0 Å². The van der Waals surface area contributed by atoms with E-state index in [1.54, 1.807) is 7.11 Å². The van der Waals surface area contributed by atoms with Crippen molar-refractivity contribution < 1.29 is 4.74 Å². The van der Waals surface area contributed by atoms with Gasteiger partial charge in [0.2, 0.25) is 0 Å². The van der Waals surface area contributed by atoms with E-state index >= 15 is 0 Å². The molecule has 4 heteroatoms. The van der Waals surface area contributed by atoms with Gasteiger partial charge in [-0.05, 0) is 24.6 Å². The summed E-state index contributed by atoms with van der Waals surface area (Å²) in [6.45, 7) is 0.667. The fourth-order valence-electron chi connectivity index (χ4n) is 0.885. The lowest BCUT2D eigenvalue weighted by Crippen LogP contribution is -2.21. The van der Waals surface area contributed by atoms with Gasteiger partial charge in [-0.2, -0.15) is 4.37 Å². The molecule has 0 fully saturated rings. The Kier molecular flexibility index (Phi) is 3.48. The van der Waals surface area contributed by atoms with Gasteiger partial charge in [-0.1, -0.05) is 0 Å². The maximum atomic E-state index is 5.02. The summed E-state index contributed by atoms with van der Waals surface area (Å²) in [6.07, 6.45) is 0. The number of ether oxygens (including phenoxy) is 1. The molecule has 0 aromatic carbocycles. The lowest BCUT2D eigenvalue weighted by atomic mass is 10.2. The molecule has 0 spiro atoms. The van der Waals surface area contributed by atoms with E-state index in [0.29, 0.717) is 6.61 Å². The monoisotopic (exact) mass is 172 g/mol. The van der Waals surface area contributed by atoms with E-state index < -0.39 is 0 Å². The van der Waals surface area contributed by atoms with Gasteiger partial charge in [0.15, 0.2) is 0 Å². The second kappa shape index (κ2) is 4.43. The molecule has 1 atom stereocenters. The van der Waals surface area contributed by atoms with Crippen LogP contribution in [0.1, 0.15) is 11.7 Å². The smallest absolute Gasteiger partial charge is 0.0741 e. The molecule has 11 heavy (non-hydrogen) atoms. The molecule has 0 radical (unpaired) electrons. The Hall–Kier alpha value is -0.450. The Bertz CT molecular complexity index is 188. The van der Waals surface area contributed by atoms with Crippen molar-refractivity contribution in [1.29, 1.82) is 0 Å². The van der Waals surface area contributed by atoms with Crippen LogP contribution in [-0.4, -0.2) is 25.1 Å². The quantitative estimate of drug-likeness (QED) is 0.737. The molecule has 1 aromatic rings. The summed E-state index contributed by atoms with van der Waals surface area (Å²) >= 11 is 1.46. The zero-order chi connectivity index (χ0) is 8.10. The van der Waals surface area contributed by atoms with Crippen LogP contribution in [0.25, 0.3) is 0 Å². The van der Waals surface area contributed by atoms with E-state index in [-0.39, 0.29) is 6.04 Å². The molecule has 1 rings (SSSR count). The Balaban J connectivity index is 2.56. The van der Waals surface area contributed by atoms with Crippen molar-refractivity contribution in [3.63, 3.8) is 0 Å². The predicted octanol–water partition coefficient (Wildman–Crippen LogP) is 1.05. The van der Waals surface area contributed by atoms with E-state index in [1.807, 2.05) is 18.5 Å². The summed E-state index contributed by atoms with van der Waals surface area (Å²) in [7, 11) is 3.60. The second-order valence-corrected chi connectivity index (χ2v) is 2.89. The maximum absolute atomic E-state index is 5.02. The average Bonchev–Trinajstić information content (AvgIpc) is 2.52. The Morgan fingerprint density at radius 3 is 3.09 bits per heavy atom. The van der Waals surface area contributed by atoms with Crippen molar-refractivity contribution in [1.82, 2.24) is 9.69 Å². The van der Waals surface area contributed by atoms with Gasteiger partial charge in [-0.15, -0.1) is 0 Å². The molecule has 0 aliphatic rings. The van der Waals surface area contributed by atoms with Gasteiger partial charge in [-0.25, -0.2) is 0 Å². The molecular formula is C7H12N2OS. The number of hydrogen-bond acceptors (Lipinski definition) is 4. The predicted molar refractivity (Wildman–Crippen MR) is 45.8 cm³/mol. The first kappa shape index (κ1) is 8.64. The van der Waals surface area contributed by atoms with E-state index in [0.717, 1.165) is 5.69 Å². The average molecular weight is 172 g/mol. The number of methoxy groups -OCH3 is 1. The maximum Gasteiger partial charge on any atom is 0.0741 e. The molecule has 3 nitrogen and oxygen atoms in total. The molecule has 1 unspecified atom stereocenters. The number of likely N-dealkylation sites (N-methyl/N-ethyl adjacent to an activating group) is 1. The third kappa shape index (κ3) is 2.25. The van der Waals surface area contributed by atoms with Crippen LogP contribution in [0.3, 0.4) is 0 Å². The van der Waals surface area contributed by atoms with Crippen molar-refractivity contribution in [2.75, 3.05) is 20.8 Å². The van der Waals surface area contributed by atoms with Crippen LogP contribution in [0.15, 0.2) is 11.4 Å². The van der Waals surface area contributed by atoms with Crippen LogP contribution in [0, 0.1) is 0 Å². The van der Waals surface area contributed by atoms with Gasteiger partial charge in [0, 0.05) is 12.5 Å². The van der Waals surface area contributed by atoms with E-state index in [2.05, 4.69) is 9.69 Å². The number of aromatic nitrogens is 1. The highest BCUT2D eigenvalue weighted by Gasteiger charge is 2.09. The van der Waals surface area contributed by atoms with Crippen molar-refractivity contribution in [3.8, 4) is 0 Å². The minimum absolute atomic E-state index is 0.228. The number of rotatable bonds is 4. The minimum Gasteiger partial charge on any atom is -0.383 e. The molecule has 0 saturated carbocycles. The van der Waals surface area contributed by atoms with Crippen LogP contribution < -0.4 is 5.32 Å². The van der Waals surface area contributed by atoms with Gasteiger partial charge in [0.05, 0.1) is 18.3 Å². The Labute approximate surface area is 70.6 Å². The van der Waals surface area contributed by atoms with Crippen LogP contribution >= 0.6 is 11.5 Å². The number of nitrogens with one attached hydrogen (secondary N) is 1. The minimum atomic E-state index is 0.228. The molecular weight excluding hydrogens is 160 g/mol. The SMILES string of the molecule is CNC(COC)c1ccsn1. The molecule has 62 valence electrons. The third-order valence-electron chi connectivity index (χ3n) is 1.50. The van der Waals surface area contributed by atoms with Gasteiger partial charge < -0.3 is 10.1 Å². The molecule has 0 amide bonds. The molecule has 1 N–H and O–H groups in total. The zero-order valence-electron chi connectivity index (χ0n) is 6.70. The normalized spacial score (nSPS) is 13.3. The topological polar surface area (TPSA) is 34.1 Å². The van der Waals surface area contributed by atoms with Crippen LogP contribution in [-0.2, 0) is 4.74 Å². The van der Waals surface area contributed by atoms with Gasteiger partial charge in [-0.3, -0.25) is 0 Å². The number of hydrogen-bond donors (Lipinski definition) is 1. The van der Waals surface area contributed by atoms with E-state index in [1.165, 1.54) is 11.5 Å². The summed E-state index contributed by atoms with van der Waals surface area (Å²) in [5.74, 6) is 0. The van der Waals surface area contributed by atoms with E-state index in [9.17, 15) is 0 Å². The zero-order valence-corrected chi connectivity index (χ0v) is 7.52. The van der Waals surface area contributed by atoms with Crippen molar-refractivity contribution >= 4 is 11.5 Å². The van der Waals surface area contributed by atoms with Crippen molar-refractivity contribution in [3.05, 3.63) is 17.1 Å². The molecule has 0 aliphatic carbocycles. The van der Waals surface area contributed by atoms with Crippen LogP contribution in [0.2, 0.25) is 0 Å². The summed E-state index contributed by atoms with van der Waals surface area (Å²) in [5, 5.41) is 5.09. The van der Waals surface area contributed by atoms with Gasteiger partial charge in [0.25, 0.3) is 0 Å². The first-order valence-corrected chi connectivity index (χ1v) is 4.28. The summed E-state index contributed by atoms with van der Waals surface area (Å²) in [5.41, 5.74) is 1.05. The molecule has 1 aromatic heterocycles. The molecule has 0 aliphatic heterocycles. The molecule has 1 heterocycles. The summed E-state index contributed by atoms with van der Waals surface area (Å²) in [4.78, 5) is 0. The first-order valence-electron chi connectivity index (χ1n) is 3.45. The lowest BCUT2D eigenvalue weighted by molar-refractivity contribution is 0.169. The largest absolute Gasteiger partial charge is 0.383 e. The molecule has 0 bridgehead atoms. The highest BCUT2D eigenvalue weighted by Crippen LogP contribution is 2.11.